The van der Waals surface area contributed by atoms with E-state index >= 15 is 0 Å². The highest BCUT2D eigenvalue weighted by Crippen LogP contribution is 2.58. The number of benzene rings is 2. The molecule has 0 unspecified atom stereocenters. The zero-order chi connectivity index (χ0) is 27.3. The SMILES string of the molecule is O=C(Nc1cc(C(F)(F)F)cc(C(F)(F)F)c1)N1CC2(CCCC2)C[C@@]1(CC(F)(F)F)c1ccccc1. The highest BCUT2D eigenvalue weighted by molar-refractivity contribution is 5.90. The molecular formula is C25H23F9N2O. The van der Waals surface area contributed by atoms with Crippen molar-refractivity contribution >= 4 is 11.7 Å². The molecule has 1 aliphatic carbocycles. The maximum Gasteiger partial charge on any atom is 0.416 e. The highest BCUT2D eigenvalue weighted by Gasteiger charge is 2.59. The Kier molecular flexibility index (Phi) is 6.69. The molecular weight excluding hydrogens is 515 g/mol. The van der Waals surface area contributed by atoms with Gasteiger partial charge in [-0.15, -0.1) is 0 Å². The van der Waals surface area contributed by atoms with Crippen molar-refractivity contribution in [3.05, 3.63) is 65.2 Å². The number of alkyl halides is 9. The third kappa shape index (κ3) is 5.67. The van der Waals surface area contributed by atoms with Crippen molar-refractivity contribution in [3.63, 3.8) is 0 Å². The van der Waals surface area contributed by atoms with Gasteiger partial charge in [0.1, 0.15) is 0 Å². The van der Waals surface area contributed by atoms with Crippen molar-refractivity contribution in [2.24, 2.45) is 5.41 Å². The highest BCUT2D eigenvalue weighted by atomic mass is 19.4. The van der Waals surface area contributed by atoms with Gasteiger partial charge < -0.3 is 10.2 Å². The lowest BCUT2D eigenvalue weighted by atomic mass is 9.75. The molecule has 2 amide bonds. The van der Waals surface area contributed by atoms with Gasteiger partial charge in [-0.1, -0.05) is 43.2 Å². The van der Waals surface area contributed by atoms with Gasteiger partial charge in [0.05, 0.1) is 23.1 Å². The molecule has 2 aromatic carbocycles. The molecule has 1 aliphatic heterocycles. The van der Waals surface area contributed by atoms with E-state index in [1.807, 2.05) is 5.32 Å². The zero-order valence-corrected chi connectivity index (χ0v) is 19.3. The molecule has 202 valence electrons. The number of carbonyl (C=O) groups is 1. The molecule has 1 heterocycles. The van der Waals surface area contributed by atoms with Crippen LogP contribution in [-0.2, 0) is 17.9 Å². The smallest absolute Gasteiger partial charge is 0.314 e. The molecule has 1 spiro atoms. The number of amides is 2. The number of nitrogens with one attached hydrogen (secondary N) is 1. The van der Waals surface area contributed by atoms with Crippen LogP contribution >= 0.6 is 0 Å². The monoisotopic (exact) mass is 538 g/mol. The molecule has 4 rings (SSSR count). The molecule has 3 nitrogen and oxygen atoms in total. The van der Waals surface area contributed by atoms with Crippen molar-refractivity contribution in [1.82, 2.24) is 4.90 Å². The first-order valence-corrected chi connectivity index (χ1v) is 11.5. The molecule has 1 saturated carbocycles. The van der Waals surface area contributed by atoms with Crippen LogP contribution in [0.25, 0.3) is 0 Å². The van der Waals surface area contributed by atoms with Crippen LogP contribution in [0, 0.1) is 5.41 Å². The summed E-state index contributed by atoms with van der Waals surface area (Å²) in [6.07, 6.45) is -13.8. The second-order valence-corrected chi connectivity index (χ2v) is 9.88. The maximum absolute atomic E-state index is 13.9. The lowest BCUT2D eigenvalue weighted by molar-refractivity contribution is -0.158. The Hall–Kier alpha value is -2.92. The normalized spacial score (nSPS) is 22.0. The molecule has 1 atom stereocenters. The molecule has 0 aromatic heterocycles. The van der Waals surface area contributed by atoms with Crippen LogP contribution in [0.3, 0.4) is 0 Å². The number of anilines is 1. The van der Waals surface area contributed by atoms with E-state index in [-0.39, 0.29) is 24.6 Å². The molecule has 1 saturated heterocycles. The quantitative estimate of drug-likeness (QED) is 0.392. The van der Waals surface area contributed by atoms with Crippen LogP contribution in [0.1, 0.15) is 55.2 Å². The summed E-state index contributed by atoms with van der Waals surface area (Å²) in [5, 5.41) is 2.05. The molecule has 0 bridgehead atoms. The minimum absolute atomic E-state index is 0.0205. The van der Waals surface area contributed by atoms with E-state index in [0.717, 1.165) is 17.7 Å². The van der Waals surface area contributed by atoms with Crippen molar-refractivity contribution in [1.29, 1.82) is 0 Å². The van der Waals surface area contributed by atoms with E-state index < -0.39 is 58.7 Å². The summed E-state index contributed by atoms with van der Waals surface area (Å²) >= 11 is 0. The first-order valence-electron chi connectivity index (χ1n) is 11.5. The first-order chi connectivity index (χ1) is 17.0. The second kappa shape index (κ2) is 9.13. The van der Waals surface area contributed by atoms with Crippen LogP contribution in [0.5, 0.6) is 0 Å². The van der Waals surface area contributed by atoms with Crippen LogP contribution < -0.4 is 5.32 Å². The number of carbonyl (C=O) groups excluding carboxylic acids is 1. The van der Waals surface area contributed by atoms with Crippen LogP contribution in [0.15, 0.2) is 48.5 Å². The van der Waals surface area contributed by atoms with Gasteiger partial charge in [0.2, 0.25) is 0 Å². The molecule has 1 N–H and O–H groups in total. The number of urea groups is 1. The van der Waals surface area contributed by atoms with Crippen molar-refractivity contribution in [2.75, 3.05) is 11.9 Å². The predicted octanol–water partition coefficient (Wildman–Crippen LogP) is 8.37. The molecule has 12 heteroatoms. The summed E-state index contributed by atoms with van der Waals surface area (Å²) < 4.78 is 122. The summed E-state index contributed by atoms with van der Waals surface area (Å²) in [6.45, 7) is -0.102. The van der Waals surface area contributed by atoms with E-state index in [4.69, 9.17) is 0 Å². The average molecular weight is 538 g/mol. The van der Waals surface area contributed by atoms with Crippen molar-refractivity contribution in [2.45, 2.75) is 62.6 Å². The average Bonchev–Trinajstić information content (AvgIpc) is 3.36. The Morgan fingerprint density at radius 3 is 1.86 bits per heavy atom. The fraction of sp³-hybridized carbons (Fsp3) is 0.480. The summed E-state index contributed by atoms with van der Waals surface area (Å²) in [4.78, 5) is 14.4. The number of likely N-dealkylation sites (tertiary alicyclic amines) is 1. The zero-order valence-electron chi connectivity index (χ0n) is 19.3. The number of hydrogen-bond acceptors (Lipinski definition) is 1. The van der Waals surface area contributed by atoms with Gasteiger partial charge >= 0.3 is 24.6 Å². The Labute approximate surface area is 206 Å². The predicted molar refractivity (Wildman–Crippen MR) is 116 cm³/mol. The van der Waals surface area contributed by atoms with E-state index in [1.54, 1.807) is 6.07 Å². The fourth-order valence-electron chi connectivity index (χ4n) is 5.80. The van der Waals surface area contributed by atoms with Gasteiger partial charge in [0.15, 0.2) is 0 Å². The fourth-order valence-corrected chi connectivity index (χ4v) is 5.80. The minimum Gasteiger partial charge on any atom is -0.314 e. The van der Waals surface area contributed by atoms with Crippen molar-refractivity contribution < 1.29 is 44.3 Å². The Morgan fingerprint density at radius 1 is 0.838 bits per heavy atom. The summed E-state index contributed by atoms with van der Waals surface area (Å²) in [5.74, 6) is 0. The van der Waals surface area contributed by atoms with Crippen LogP contribution in [0.4, 0.5) is 50.0 Å². The molecule has 2 aliphatic rings. The summed E-state index contributed by atoms with van der Waals surface area (Å²) in [6, 6.07) is 6.93. The first kappa shape index (κ1) is 27.1. The standard InChI is InChI=1S/C25H23F9N2O/c26-23(27,28)14-22(16-6-2-1-3-7-16)13-21(8-4-5-9-21)15-36(22)20(37)35-19-11-17(24(29,30)31)10-18(12-19)25(32,33)34/h1-3,6-7,10-12H,4-5,8-9,13-15H2,(H,35,37)/t22-/m1/s1. The Balaban J connectivity index is 1.78. The number of halogens is 9. The van der Waals surface area contributed by atoms with Gasteiger partial charge in [-0.05, 0) is 48.4 Å². The minimum atomic E-state index is -5.15. The van der Waals surface area contributed by atoms with Crippen LogP contribution in [-0.4, -0.2) is 23.7 Å². The maximum atomic E-state index is 13.9. The topological polar surface area (TPSA) is 32.3 Å². The third-order valence-corrected chi connectivity index (χ3v) is 7.23. The van der Waals surface area contributed by atoms with E-state index in [1.165, 1.54) is 24.3 Å². The Morgan fingerprint density at radius 2 is 1.38 bits per heavy atom. The van der Waals surface area contributed by atoms with Gasteiger partial charge in [-0.2, -0.15) is 39.5 Å². The third-order valence-electron chi connectivity index (χ3n) is 7.23. The van der Waals surface area contributed by atoms with Gasteiger partial charge in [0, 0.05) is 12.2 Å². The van der Waals surface area contributed by atoms with E-state index in [2.05, 4.69) is 0 Å². The Bertz CT molecular complexity index is 1100. The lowest BCUT2D eigenvalue weighted by Crippen LogP contribution is -2.49. The number of nitrogens with zero attached hydrogens (tertiary/aromatic N) is 1. The molecule has 2 fully saturated rings. The van der Waals surface area contributed by atoms with Crippen molar-refractivity contribution in [3.8, 4) is 0 Å². The lowest BCUT2D eigenvalue weighted by Gasteiger charge is -2.39. The molecule has 0 radical (unpaired) electrons. The van der Waals surface area contributed by atoms with E-state index in [9.17, 15) is 44.3 Å². The number of rotatable bonds is 3. The molecule has 2 aromatic rings. The van der Waals surface area contributed by atoms with Gasteiger partial charge in [0.25, 0.3) is 0 Å². The largest absolute Gasteiger partial charge is 0.416 e. The van der Waals surface area contributed by atoms with Gasteiger partial charge in [-0.25, -0.2) is 4.79 Å². The number of hydrogen-bond donors (Lipinski definition) is 1. The van der Waals surface area contributed by atoms with Gasteiger partial charge in [-0.3, -0.25) is 0 Å². The second-order valence-electron chi connectivity index (χ2n) is 9.88. The van der Waals surface area contributed by atoms with Crippen LogP contribution in [0.2, 0.25) is 0 Å². The van der Waals surface area contributed by atoms with E-state index in [0.29, 0.717) is 25.0 Å². The molecule has 37 heavy (non-hydrogen) atoms. The summed E-state index contributed by atoms with van der Waals surface area (Å²) in [7, 11) is 0. The summed E-state index contributed by atoms with van der Waals surface area (Å²) in [5.41, 5.74) is -6.40.